The second-order valence-electron chi connectivity index (χ2n) is 6.29. The van der Waals surface area contributed by atoms with Gasteiger partial charge in [-0.2, -0.15) is 13.2 Å². The first-order valence-corrected chi connectivity index (χ1v) is 8.59. The summed E-state index contributed by atoms with van der Waals surface area (Å²) in [5, 5.41) is 2.39. The first kappa shape index (κ1) is 18.9. The van der Waals surface area contributed by atoms with Crippen LogP contribution >= 0.6 is 0 Å². The molecule has 27 heavy (non-hydrogen) atoms. The zero-order valence-electron chi connectivity index (χ0n) is 14.4. The largest absolute Gasteiger partial charge is 0.416 e. The molecule has 1 N–H and O–H groups in total. The molecule has 0 atom stereocenters. The van der Waals surface area contributed by atoms with Gasteiger partial charge in [-0.3, -0.25) is 9.59 Å². The SMILES string of the molecule is O=C(Nc1cccc(C(F)(F)F)c1)c1cccc(C(=O)N2CCCCC2)n1. The van der Waals surface area contributed by atoms with Crippen LogP contribution in [0.3, 0.4) is 0 Å². The van der Waals surface area contributed by atoms with Crippen LogP contribution in [0, 0.1) is 0 Å². The van der Waals surface area contributed by atoms with E-state index < -0.39 is 17.6 Å². The van der Waals surface area contributed by atoms with Crippen molar-refractivity contribution in [2.45, 2.75) is 25.4 Å². The molecule has 1 fully saturated rings. The van der Waals surface area contributed by atoms with Crippen molar-refractivity contribution in [2.24, 2.45) is 0 Å². The number of nitrogens with zero attached hydrogens (tertiary/aromatic N) is 2. The average Bonchev–Trinajstić information content (AvgIpc) is 2.68. The Kier molecular flexibility index (Phi) is 5.43. The van der Waals surface area contributed by atoms with Gasteiger partial charge in [-0.05, 0) is 49.6 Å². The van der Waals surface area contributed by atoms with Gasteiger partial charge in [0.25, 0.3) is 11.8 Å². The third-order valence-electron chi connectivity index (χ3n) is 4.29. The maximum absolute atomic E-state index is 12.8. The Labute approximate surface area is 154 Å². The normalized spacial score (nSPS) is 14.7. The number of carbonyl (C=O) groups excluding carboxylic acids is 2. The van der Waals surface area contributed by atoms with E-state index in [1.54, 1.807) is 4.90 Å². The lowest BCUT2D eigenvalue weighted by atomic mass is 10.1. The minimum Gasteiger partial charge on any atom is -0.337 e. The van der Waals surface area contributed by atoms with Crippen LogP contribution in [-0.2, 0) is 6.18 Å². The van der Waals surface area contributed by atoms with Crippen molar-refractivity contribution < 1.29 is 22.8 Å². The molecule has 142 valence electrons. The molecule has 0 saturated carbocycles. The first-order valence-electron chi connectivity index (χ1n) is 8.59. The van der Waals surface area contributed by atoms with Gasteiger partial charge in [0.15, 0.2) is 0 Å². The zero-order chi connectivity index (χ0) is 19.4. The van der Waals surface area contributed by atoms with Crippen molar-refractivity contribution in [1.29, 1.82) is 0 Å². The van der Waals surface area contributed by atoms with E-state index in [1.807, 2.05) is 0 Å². The Hall–Kier alpha value is -2.90. The predicted octanol–water partition coefficient (Wildman–Crippen LogP) is 3.98. The van der Waals surface area contributed by atoms with E-state index in [4.69, 9.17) is 0 Å². The summed E-state index contributed by atoms with van der Waals surface area (Å²) in [7, 11) is 0. The second-order valence-corrected chi connectivity index (χ2v) is 6.29. The monoisotopic (exact) mass is 377 g/mol. The molecule has 2 heterocycles. The Balaban J connectivity index is 1.75. The fourth-order valence-corrected chi connectivity index (χ4v) is 2.91. The molecule has 0 bridgehead atoms. The Morgan fingerprint density at radius 2 is 1.63 bits per heavy atom. The molecular weight excluding hydrogens is 359 g/mol. The number of halogens is 3. The standard InChI is InChI=1S/C19H18F3N3O2/c20-19(21,22)13-6-4-7-14(12-13)23-17(26)15-8-5-9-16(24-15)18(27)25-10-2-1-3-11-25/h4-9,12H,1-3,10-11H2,(H,23,26). The van der Waals surface area contributed by atoms with Gasteiger partial charge in [-0.15, -0.1) is 0 Å². The number of carbonyl (C=O) groups is 2. The Morgan fingerprint density at radius 1 is 0.963 bits per heavy atom. The molecule has 0 aliphatic carbocycles. The van der Waals surface area contributed by atoms with E-state index in [9.17, 15) is 22.8 Å². The van der Waals surface area contributed by atoms with Gasteiger partial charge in [0.05, 0.1) is 5.56 Å². The van der Waals surface area contributed by atoms with E-state index in [-0.39, 0.29) is 23.0 Å². The number of piperidine rings is 1. The molecule has 0 spiro atoms. The molecule has 2 amide bonds. The quantitative estimate of drug-likeness (QED) is 0.880. The van der Waals surface area contributed by atoms with Gasteiger partial charge < -0.3 is 10.2 Å². The molecule has 1 aliphatic heterocycles. The van der Waals surface area contributed by atoms with Gasteiger partial charge >= 0.3 is 6.18 Å². The maximum Gasteiger partial charge on any atom is 0.416 e. The van der Waals surface area contributed by atoms with E-state index in [0.29, 0.717) is 13.1 Å². The summed E-state index contributed by atoms with van der Waals surface area (Å²) in [6.45, 7) is 1.31. The molecule has 5 nitrogen and oxygen atoms in total. The number of benzene rings is 1. The van der Waals surface area contributed by atoms with Gasteiger partial charge in [-0.1, -0.05) is 12.1 Å². The minimum absolute atomic E-state index is 0.00406. The summed E-state index contributed by atoms with van der Waals surface area (Å²) in [4.78, 5) is 30.6. The highest BCUT2D eigenvalue weighted by atomic mass is 19.4. The molecule has 1 aromatic heterocycles. The summed E-state index contributed by atoms with van der Waals surface area (Å²) < 4.78 is 38.3. The number of aromatic nitrogens is 1. The van der Waals surface area contributed by atoms with Crippen LogP contribution in [0.5, 0.6) is 0 Å². The lowest BCUT2D eigenvalue weighted by Crippen LogP contribution is -2.36. The number of hydrogen-bond acceptors (Lipinski definition) is 3. The summed E-state index contributed by atoms with van der Waals surface area (Å²) >= 11 is 0. The maximum atomic E-state index is 12.8. The van der Waals surface area contributed by atoms with Crippen molar-refractivity contribution in [3.8, 4) is 0 Å². The van der Waals surface area contributed by atoms with Gasteiger partial charge in [0.2, 0.25) is 0 Å². The van der Waals surface area contributed by atoms with Crippen LogP contribution in [0.4, 0.5) is 18.9 Å². The summed E-state index contributed by atoms with van der Waals surface area (Å²) in [6, 6.07) is 8.81. The number of rotatable bonds is 3. The van der Waals surface area contributed by atoms with E-state index >= 15 is 0 Å². The van der Waals surface area contributed by atoms with Crippen molar-refractivity contribution in [3.05, 3.63) is 59.4 Å². The number of likely N-dealkylation sites (tertiary alicyclic amines) is 1. The van der Waals surface area contributed by atoms with Crippen molar-refractivity contribution >= 4 is 17.5 Å². The summed E-state index contributed by atoms with van der Waals surface area (Å²) in [6.07, 6.45) is -1.56. The predicted molar refractivity (Wildman–Crippen MR) is 93.4 cm³/mol. The van der Waals surface area contributed by atoms with Crippen molar-refractivity contribution in [1.82, 2.24) is 9.88 Å². The first-order chi connectivity index (χ1) is 12.8. The highest BCUT2D eigenvalue weighted by molar-refractivity contribution is 6.03. The Morgan fingerprint density at radius 3 is 2.33 bits per heavy atom. The Bertz CT molecular complexity index is 846. The molecule has 1 aliphatic rings. The molecule has 0 radical (unpaired) electrons. The van der Waals surface area contributed by atoms with E-state index in [1.165, 1.54) is 30.3 Å². The van der Waals surface area contributed by atoms with Crippen molar-refractivity contribution in [2.75, 3.05) is 18.4 Å². The van der Waals surface area contributed by atoms with Crippen LogP contribution < -0.4 is 5.32 Å². The second kappa shape index (κ2) is 7.77. The molecule has 2 aromatic rings. The molecular formula is C19H18F3N3O2. The smallest absolute Gasteiger partial charge is 0.337 e. The third-order valence-corrected chi connectivity index (χ3v) is 4.29. The minimum atomic E-state index is -4.50. The van der Waals surface area contributed by atoms with Crippen LogP contribution in [0.25, 0.3) is 0 Å². The fraction of sp³-hybridized carbons (Fsp3) is 0.316. The number of amides is 2. The number of alkyl halides is 3. The number of pyridine rings is 1. The number of hydrogen-bond donors (Lipinski definition) is 1. The molecule has 1 aromatic carbocycles. The molecule has 8 heteroatoms. The summed E-state index contributed by atoms with van der Waals surface area (Å²) in [5.41, 5.74) is -0.740. The summed E-state index contributed by atoms with van der Waals surface area (Å²) in [5.74, 6) is -0.925. The van der Waals surface area contributed by atoms with Gasteiger partial charge in [0, 0.05) is 18.8 Å². The molecule has 0 unspecified atom stereocenters. The van der Waals surface area contributed by atoms with Crippen LogP contribution in [0.1, 0.15) is 45.8 Å². The zero-order valence-corrected chi connectivity index (χ0v) is 14.4. The van der Waals surface area contributed by atoms with E-state index in [0.717, 1.165) is 31.4 Å². The molecule has 1 saturated heterocycles. The van der Waals surface area contributed by atoms with Crippen molar-refractivity contribution in [3.63, 3.8) is 0 Å². The highest BCUT2D eigenvalue weighted by Crippen LogP contribution is 2.30. The van der Waals surface area contributed by atoms with E-state index in [2.05, 4.69) is 10.3 Å². The van der Waals surface area contributed by atoms with Crippen LogP contribution in [-0.4, -0.2) is 34.8 Å². The average molecular weight is 377 g/mol. The van der Waals surface area contributed by atoms with Gasteiger partial charge in [-0.25, -0.2) is 4.98 Å². The fourth-order valence-electron chi connectivity index (χ4n) is 2.91. The molecule has 3 rings (SSSR count). The van der Waals surface area contributed by atoms with Gasteiger partial charge in [0.1, 0.15) is 11.4 Å². The number of anilines is 1. The van der Waals surface area contributed by atoms with Crippen LogP contribution in [0.2, 0.25) is 0 Å². The van der Waals surface area contributed by atoms with Crippen LogP contribution in [0.15, 0.2) is 42.5 Å². The lowest BCUT2D eigenvalue weighted by Gasteiger charge is -2.26. The topological polar surface area (TPSA) is 62.3 Å². The lowest BCUT2D eigenvalue weighted by molar-refractivity contribution is -0.137. The highest BCUT2D eigenvalue weighted by Gasteiger charge is 2.30. The number of nitrogens with one attached hydrogen (secondary N) is 1. The third kappa shape index (κ3) is 4.64.